The summed E-state index contributed by atoms with van der Waals surface area (Å²) in [5.74, 6) is -3.29. The fraction of sp³-hybridized carbons (Fsp3) is 0.333. The number of aliphatic hydroxyl groups excluding tert-OH is 1. The van der Waals surface area contributed by atoms with E-state index in [1.807, 2.05) is 0 Å². The maximum Gasteiger partial charge on any atom is 0.287 e. The fourth-order valence-electron chi connectivity index (χ4n) is 1.16. The predicted molar refractivity (Wildman–Crippen MR) is 62.8 cm³/mol. The first-order valence-electron chi connectivity index (χ1n) is 4.80. The fourth-order valence-corrected chi connectivity index (χ4v) is 1.71. The third-order valence-corrected chi connectivity index (χ3v) is 3.03. The predicted octanol–water partition coefficient (Wildman–Crippen LogP) is -0.0443. The summed E-state index contributed by atoms with van der Waals surface area (Å²) in [6, 6.07) is 3.43. The molecule has 9 heteroatoms. The number of alkyl halides is 2. The SMILES string of the molecule is Nc1cc(S(N)(=O)=O)ccc1NCC(F)(F)CO. The average Bonchev–Trinajstić information content (AvgIpc) is 2.26. The monoisotopic (exact) mass is 281 g/mol. The number of aliphatic hydroxyl groups is 1. The number of anilines is 2. The molecular formula is C9H13F2N3O3S. The van der Waals surface area contributed by atoms with E-state index in [0.29, 0.717) is 0 Å². The molecule has 0 fully saturated rings. The molecule has 0 saturated heterocycles. The van der Waals surface area contributed by atoms with Gasteiger partial charge < -0.3 is 16.2 Å². The van der Waals surface area contributed by atoms with Crippen molar-refractivity contribution in [2.75, 3.05) is 24.2 Å². The zero-order valence-electron chi connectivity index (χ0n) is 9.23. The van der Waals surface area contributed by atoms with Gasteiger partial charge in [-0.1, -0.05) is 0 Å². The van der Waals surface area contributed by atoms with Gasteiger partial charge >= 0.3 is 0 Å². The summed E-state index contributed by atoms with van der Waals surface area (Å²) in [4.78, 5) is -0.209. The van der Waals surface area contributed by atoms with Gasteiger partial charge in [0, 0.05) is 0 Å². The molecule has 0 unspecified atom stereocenters. The molecule has 102 valence electrons. The molecule has 0 aliphatic carbocycles. The Morgan fingerprint density at radius 1 is 1.39 bits per heavy atom. The minimum atomic E-state index is -3.89. The molecule has 1 aromatic carbocycles. The molecule has 0 bridgehead atoms. The van der Waals surface area contributed by atoms with Crippen molar-refractivity contribution >= 4 is 21.4 Å². The zero-order chi connectivity index (χ0) is 14.0. The van der Waals surface area contributed by atoms with Crippen molar-refractivity contribution in [3.05, 3.63) is 18.2 Å². The van der Waals surface area contributed by atoms with E-state index in [1.54, 1.807) is 0 Å². The molecule has 6 N–H and O–H groups in total. The number of halogens is 2. The topological polar surface area (TPSA) is 118 Å². The molecule has 0 radical (unpaired) electrons. The first-order valence-corrected chi connectivity index (χ1v) is 6.35. The van der Waals surface area contributed by atoms with Gasteiger partial charge in [-0.2, -0.15) is 0 Å². The maximum atomic E-state index is 12.8. The average molecular weight is 281 g/mol. The molecule has 0 spiro atoms. The van der Waals surface area contributed by atoms with Crippen LogP contribution in [-0.4, -0.2) is 32.6 Å². The van der Waals surface area contributed by atoms with Crippen molar-refractivity contribution in [2.45, 2.75) is 10.8 Å². The Balaban J connectivity index is 2.88. The van der Waals surface area contributed by atoms with Crippen LogP contribution in [0.5, 0.6) is 0 Å². The number of nitrogen functional groups attached to an aromatic ring is 1. The number of benzene rings is 1. The number of nitrogens with two attached hydrogens (primary N) is 2. The van der Waals surface area contributed by atoms with Crippen molar-refractivity contribution in [1.82, 2.24) is 0 Å². The number of hydrogen-bond acceptors (Lipinski definition) is 5. The molecular weight excluding hydrogens is 268 g/mol. The molecule has 6 nitrogen and oxygen atoms in total. The molecule has 1 aromatic rings. The lowest BCUT2D eigenvalue weighted by Gasteiger charge is -2.16. The van der Waals surface area contributed by atoms with E-state index < -0.39 is 29.1 Å². The van der Waals surface area contributed by atoms with Gasteiger partial charge in [0.15, 0.2) is 0 Å². The van der Waals surface area contributed by atoms with Gasteiger partial charge in [0.25, 0.3) is 5.92 Å². The molecule has 0 atom stereocenters. The number of nitrogens with one attached hydrogen (secondary N) is 1. The normalized spacial score (nSPS) is 12.4. The van der Waals surface area contributed by atoms with Gasteiger partial charge in [-0.05, 0) is 18.2 Å². The van der Waals surface area contributed by atoms with Crippen LogP contribution in [0, 0.1) is 0 Å². The van der Waals surface area contributed by atoms with Gasteiger partial charge in [-0.3, -0.25) is 0 Å². The van der Waals surface area contributed by atoms with Gasteiger partial charge in [0.2, 0.25) is 10.0 Å². The van der Waals surface area contributed by atoms with Crippen LogP contribution in [0.4, 0.5) is 20.2 Å². The van der Waals surface area contributed by atoms with Crippen LogP contribution in [0.25, 0.3) is 0 Å². The second-order valence-electron chi connectivity index (χ2n) is 3.66. The quantitative estimate of drug-likeness (QED) is 0.564. The molecule has 0 saturated carbocycles. The Bertz CT molecular complexity index is 534. The molecule has 18 heavy (non-hydrogen) atoms. The van der Waals surface area contributed by atoms with Crippen LogP contribution in [0.15, 0.2) is 23.1 Å². The van der Waals surface area contributed by atoms with E-state index in [2.05, 4.69) is 5.32 Å². The Kier molecular flexibility index (Phi) is 4.09. The Morgan fingerprint density at radius 2 is 2.00 bits per heavy atom. The largest absolute Gasteiger partial charge is 0.397 e. The number of rotatable bonds is 5. The van der Waals surface area contributed by atoms with Crippen molar-refractivity contribution < 1.29 is 22.3 Å². The second-order valence-corrected chi connectivity index (χ2v) is 5.22. The minimum absolute atomic E-state index is 0.0322. The Hall–Kier alpha value is -1.45. The molecule has 0 aromatic heterocycles. The van der Waals surface area contributed by atoms with Gasteiger partial charge in [-0.15, -0.1) is 0 Å². The highest BCUT2D eigenvalue weighted by Gasteiger charge is 2.27. The molecule has 0 heterocycles. The van der Waals surface area contributed by atoms with Crippen molar-refractivity contribution in [3.8, 4) is 0 Å². The van der Waals surface area contributed by atoms with E-state index in [-0.39, 0.29) is 16.3 Å². The number of primary sulfonamides is 1. The highest BCUT2D eigenvalue weighted by molar-refractivity contribution is 7.89. The molecule has 0 aliphatic heterocycles. The zero-order valence-corrected chi connectivity index (χ0v) is 10.0. The van der Waals surface area contributed by atoms with Crippen molar-refractivity contribution in [3.63, 3.8) is 0 Å². The lowest BCUT2D eigenvalue weighted by molar-refractivity contribution is -0.0372. The van der Waals surface area contributed by atoms with Crippen LogP contribution in [0.1, 0.15) is 0 Å². The number of sulfonamides is 1. The van der Waals surface area contributed by atoms with Crippen LogP contribution >= 0.6 is 0 Å². The van der Waals surface area contributed by atoms with Gasteiger partial charge in [-0.25, -0.2) is 22.3 Å². The first-order chi connectivity index (χ1) is 8.15. The van der Waals surface area contributed by atoms with E-state index in [0.717, 1.165) is 12.1 Å². The summed E-state index contributed by atoms with van der Waals surface area (Å²) in [7, 11) is -3.89. The van der Waals surface area contributed by atoms with E-state index in [1.165, 1.54) is 6.07 Å². The Morgan fingerprint density at radius 3 is 2.44 bits per heavy atom. The standard InChI is InChI=1S/C9H13F2N3O3S/c10-9(11,5-15)4-14-8-2-1-6(3-7(8)12)18(13,16)17/h1-3,14-15H,4-5,12H2,(H2,13,16,17). The summed E-state index contributed by atoms with van der Waals surface area (Å²) in [5, 5.41) is 15.6. The first kappa shape index (κ1) is 14.6. The molecule has 1 rings (SSSR count). The van der Waals surface area contributed by atoms with E-state index >= 15 is 0 Å². The third kappa shape index (κ3) is 3.79. The van der Waals surface area contributed by atoms with Crippen LogP contribution in [-0.2, 0) is 10.0 Å². The Labute approximate surface area is 103 Å². The van der Waals surface area contributed by atoms with Crippen LogP contribution in [0.3, 0.4) is 0 Å². The summed E-state index contributed by atoms with van der Waals surface area (Å²) in [6.07, 6.45) is 0. The lowest BCUT2D eigenvalue weighted by Crippen LogP contribution is -2.31. The smallest absolute Gasteiger partial charge is 0.287 e. The lowest BCUT2D eigenvalue weighted by atomic mass is 10.2. The highest BCUT2D eigenvalue weighted by atomic mass is 32.2. The summed E-state index contributed by atoms with van der Waals surface area (Å²) in [5.41, 5.74) is 5.60. The van der Waals surface area contributed by atoms with Crippen molar-refractivity contribution in [1.29, 1.82) is 0 Å². The van der Waals surface area contributed by atoms with E-state index in [4.69, 9.17) is 16.0 Å². The second kappa shape index (κ2) is 5.04. The van der Waals surface area contributed by atoms with Gasteiger partial charge in [0.1, 0.15) is 6.61 Å². The van der Waals surface area contributed by atoms with Crippen molar-refractivity contribution in [2.24, 2.45) is 5.14 Å². The summed E-state index contributed by atoms with van der Waals surface area (Å²) >= 11 is 0. The number of hydrogen-bond donors (Lipinski definition) is 4. The van der Waals surface area contributed by atoms with Gasteiger partial charge in [0.05, 0.1) is 22.8 Å². The molecule has 0 aliphatic rings. The minimum Gasteiger partial charge on any atom is -0.397 e. The van der Waals surface area contributed by atoms with Crippen LogP contribution < -0.4 is 16.2 Å². The summed E-state index contributed by atoms with van der Waals surface area (Å²) < 4.78 is 47.6. The van der Waals surface area contributed by atoms with E-state index in [9.17, 15) is 17.2 Å². The molecule has 0 amide bonds. The van der Waals surface area contributed by atoms with Crippen LogP contribution in [0.2, 0.25) is 0 Å². The third-order valence-electron chi connectivity index (χ3n) is 2.12. The highest BCUT2D eigenvalue weighted by Crippen LogP contribution is 2.23. The maximum absolute atomic E-state index is 12.8. The summed E-state index contributed by atoms with van der Waals surface area (Å²) in [6.45, 7) is -2.11.